The van der Waals surface area contributed by atoms with Crippen LogP contribution in [-0.4, -0.2) is 24.0 Å². The highest BCUT2D eigenvalue weighted by Crippen LogP contribution is 2.40. The maximum atomic E-state index is 13.2. The second-order valence-electron chi connectivity index (χ2n) is 6.71. The molecule has 2 aromatic rings. The topological polar surface area (TPSA) is 75.1 Å². The van der Waals surface area contributed by atoms with Crippen LogP contribution in [0.25, 0.3) is 0 Å². The zero-order chi connectivity index (χ0) is 21.1. The lowest BCUT2D eigenvalue weighted by Crippen LogP contribution is -2.33. The van der Waals surface area contributed by atoms with E-state index in [0.717, 1.165) is 23.9 Å². The summed E-state index contributed by atoms with van der Waals surface area (Å²) in [6.07, 6.45) is -1.77. The van der Waals surface area contributed by atoms with E-state index in [1.165, 1.54) is 12.4 Å². The van der Waals surface area contributed by atoms with Gasteiger partial charge in [0.25, 0.3) is 0 Å². The first kappa shape index (κ1) is 23.1. The van der Waals surface area contributed by atoms with Crippen LogP contribution in [0.2, 0.25) is 5.02 Å². The molecule has 2 rings (SSSR count). The fourth-order valence-corrected chi connectivity index (χ4v) is 4.10. The second kappa shape index (κ2) is 9.08. The first-order chi connectivity index (χ1) is 12.9. The number of alkyl halides is 3. The Morgan fingerprint density at radius 3 is 2.43 bits per heavy atom. The van der Waals surface area contributed by atoms with E-state index < -0.39 is 27.5 Å². The maximum Gasteiger partial charge on any atom is 0.416 e. The number of halogens is 4. The minimum absolute atomic E-state index is 0.0927. The molecular formula is C17H19ClF3N3O2S2. The highest BCUT2D eigenvalue weighted by Gasteiger charge is 2.32. The van der Waals surface area contributed by atoms with Crippen molar-refractivity contribution in [2.24, 2.45) is 0 Å². The van der Waals surface area contributed by atoms with Crippen LogP contribution in [0.4, 0.5) is 13.2 Å². The molecule has 0 fully saturated rings. The van der Waals surface area contributed by atoms with Crippen LogP contribution in [0.5, 0.6) is 0 Å². The average Bonchev–Trinajstić information content (AvgIpc) is 2.60. The molecule has 0 aliphatic rings. The van der Waals surface area contributed by atoms with Crippen LogP contribution in [0.3, 0.4) is 0 Å². The lowest BCUT2D eigenvalue weighted by Gasteiger charge is -2.20. The smallest absolute Gasteiger partial charge is 0.390 e. The van der Waals surface area contributed by atoms with E-state index in [9.17, 15) is 22.5 Å². The van der Waals surface area contributed by atoms with Gasteiger partial charge >= 0.3 is 6.18 Å². The normalized spacial score (nSPS) is 13.6. The van der Waals surface area contributed by atoms with E-state index in [2.05, 4.69) is 14.7 Å². The Morgan fingerprint density at radius 2 is 1.86 bits per heavy atom. The Morgan fingerprint density at radius 1 is 1.21 bits per heavy atom. The number of aliphatic hydroxyl groups is 1. The van der Waals surface area contributed by atoms with Crippen molar-refractivity contribution in [3.8, 4) is 0 Å². The van der Waals surface area contributed by atoms with Crippen molar-refractivity contribution in [1.82, 2.24) is 14.7 Å². The van der Waals surface area contributed by atoms with Gasteiger partial charge in [-0.15, -0.1) is 0 Å². The lowest BCUT2D eigenvalue weighted by atomic mass is 10.1. The van der Waals surface area contributed by atoms with E-state index in [4.69, 9.17) is 11.6 Å². The van der Waals surface area contributed by atoms with Gasteiger partial charge in [0.15, 0.2) is 0 Å². The summed E-state index contributed by atoms with van der Waals surface area (Å²) in [6.45, 7) is 4.77. The van der Waals surface area contributed by atoms with Gasteiger partial charge in [0, 0.05) is 23.8 Å². The Balaban J connectivity index is 2.46. The molecule has 154 valence electrons. The monoisotopic (exact) mass is 453 g/mol. The Bertz CT molecular complexity index is 874. The average molecular weight is 454 g/mol. The molecule has 2 N–H and O–H groups in total. The molecule has 1 unspecified atom stereocenters. The van der Waals surface area contributed by atoms with Crippen molar-refractivity contribution in [1.29, 1.82) is 0 Å². The number of benzene rings is 1. The quantitative estimate of drug-likeness (QED) is 0.680. The van der Waals surface area contributed by atoms with Crippen LogP contribution >= 0.6 is 23.4 Å². The summed E-state index contributed by atoms with van der Waals surface area (Å²) in [4.78, 5) is 8.43. The van der Waals surface area contributed by atoms with Crippen LogP contribution in [0.15, 0.2) is 34.4 Å². The number of aromatic nitrogens is 2. The van der Waals surface area contributed by atoms with Crippen molar-refractivity contribution >= 4 is 34.3 Å². The van der Waals surface area contributed by atoms with E-state index in [1.807, 2.05) is 0 Å². The van der Waals surface area contributed by atoms with E-state index in [1.54, 1.807) is 20.8 Å². The van der Waals surface area contributed by atoms with E-state index in [-0.39, 0.29) is 29.4 Å². The third kappa shape index (κ3) is 5.90. The number of nitrogens with one attached hydrogen (secondary N) is 1. The molecule has 0 saturated carbocycles. The highest BCUT2D eigenvalue weighted by molar-refractivity contribution is 7.99. The van der Waals surface area contributed by atoms with Gasteiger partial charge in [-0.3, -0.25) is 4.98 Å². The number of hydrogen-bond acceptors (Lipinski definition) is 5. The van der Waals surface area contributed by atoms with Gasteiger partial charge in [0.05, 0.1) is 38.6 Å². The first-order valence-corrected chi connectivity index (χ1v) is 10.4. The summed E-state index contributed by atoms with van der Waals surface area (Å²) >= 11 is 7.15. The van der Waals surface area contributed by atoms with Crippen LogP contribution < -0.4 is 4.72 Å². The third-order valence-corrected chi connectivity index (χ3v) is 6.63. The highest BCUT2D eigenvalue weighted by atomic mass is 35.5. The zero-order valence-corrected chi connectivity index (χ0v) is 17.7. The number of hydrogen-bond donors (Lipinski definition) is 2. The van der Waals surface area contributed by atoms with Crippen molar-refractivity contribution in [3.05, 3.63) is 46.4 Å². The molecule has 28 heavy (non-hydrogen) atoms. The fraction of sp³-hybridized carbons (Fsp3) is 0.412. The molecule has 1 aromatic heterocycles. The van der Waals surface area contributed by atoms with Crippen molar-refractivity contribution in [2.75, 3.05) is 0 Å². The van der Waals surface area contributed by atoms with Crippen LogP contribution in [0.1, 0.15) is 37.6 Å². The molecule has 0 spiro atoms. The minimum Gasteiger partial charge on any atom is -0.390 e. The van der Waals surface area contributed by atoms with Gasteiger partial charge in [0.1, 0.15) is 5.03 Å². The zero-order valence-electron chi connectivity index (χ0n) is 15.3. The van der Waals surface area contributed by atoms with Gasteiger partial charge in [-0.2, -0.15) is 13.2 Å². The molecule has 0 bridgehead atoms. The predicted octanol–water partition coefficient (Wildman–Crippen LogP) is 4.34. The largest absolute Gasteiger partial charge is 0.416 e. The maximum absolute atomic E-state index is 13.2. The SMILES string of the molecule is CC(C)(C)S(=O)NCc1cc(C(F)(F)F)cc(Cl)c1Sc1nccnc1CO. The number of nitrogens with zero attached hydrogens (tertiary/aromatic N) is 2. The summed E-state index contributed by atoms with van der Waals surface area (Å²) in [5.74, 6) is 0. The van der Waals surface area contributed by atoms with Crippen LogP contribution in [-0.2, 0) is 30.3 Å². The van der Waals surface area contributed by atoms with Gasteiger partial charge in [0.2, 0.25) is 0 Å². The number of aliphatic hydroxyl groups excluding tert-OH is 1. The summed E-state index contributed by atoms with van der Waals surface area (Å²) in [5.41, 5.74) is -0.403. The summed E-state index contributed by atoms with van der Waals surface area (Å²) in [7, 11) is -1.48. The molecule has 0 saturated heterocycles. The predicted molar refractivity (Wildman–Crippen MR) is 103 cm³/mol. The fourth-order valence-electron chi connectivity index (χ4n) is 2.06. The van der Waals surface area contributed by atoms with Crippen molar-refractivity contribution < 1.29 is 22.5 Å². The molecule has 1 heterocycles. The molecule has 0 amide bonds. The van der Waals surface area contributed by atoms with Crippen molar-refractivity contribution in [2.45, 2.75) is 54.8 Å². The van der Waals surface area contributed by atoms with Crippen LogP contribution in [0, 0.1) is 0 Å². The Hall–Kier alpha value is -1.20. The van der Waals surface area contributed by atoms with E-state index in [0.29, 0.717) is 9.92 Å². The standard InChI is InChI=1S/C17H19ClF3N3O2S2/c1-16(2,3)28(26)24-8-10-6-11(17(19,20)21)7-12(18)14(10)27-15-13(9-25)22-4-5-23-15/h4-7,24-25H,8-9H2,1-3H3. The van der Waals surface area contributed by atoms with Gasteiger partial charge in [-0.1, -0.05) is 23.4 Å². The summed E-state index contributed by atoms with van der Waals surface area (Å²) in [6, 6.07) is 1.80. The molecule has 0 aliphatic heterocycles. The molecule has 1 aromatic carbocycles. The van der Waals surface area contributed by atoms with Gasteiger partial charge in [-0.05, 0) is 38.5 Å². The molecule has 11 heteroatoms. The van der Waals surface area contributed by atoms with Gasteiger partial charge in [-0.25, -0.2) is 13.9 Å². The molecule has 0 aliphatic carbocycles. The molecule has 0 radical (unpaired) electrons. The Kier molecular flexibility index (Phi) is 7.49. The third-order valence-electron chi connectivity index (χ3n) is 3.48. The van der Waals surface area contributed by atoms with Crippen molar-refractivity contribution in [3.63, 3.8) is 0 Å². The summed E-state index contributed by atoms with van der Waals surface area (Å²) < 4.78 is 54.1. The lowest BCUT2D eigenvalue weighted by molar-refractivity contribution is -0.137. The second-order valence-corrected chi connectivity index (χ2v) is 10.2. The molecule has 5 nitrogen and oxygen atoms in total. The minimum atomic E-state index is -4.58. The number of rotatable bonds is 6. The first-order valence-electron chi connectivity index (χ1n) is 8.07. The van der Waals surface area contributed by atoms with Gasteiger partial charge < -0.3 is 5.11 Å². The Labute approximate surface area is 172 Å². The van der Waals surface area contributed by atoms with E-state index >= 15 is 0 Å². The summed E-state index contributed by atoms with van der Waals surface area (Å²) in [5, 5.41) is 9.61. The molecule has 1 atom stereocenters. The molecular weight excluding hydrogens is 435 g/mol.